The molecule has 0 aliphatic heterocycles. The molecule has 1 unspecified atom stereocenters. The van der Waals surface area contributed by atoms with Gasteiger partial charge in [0.2, 0.25) is 0 Å². The zero-order valence-corrected chi connectivity index (χ0v) is 14.0. The van der Waals surface area contributed by atoms with Crippen LogP contribution in [0.2, 0.25) is 5.02 Å². The summed E-state index contributed by atoms with van der Waals surface area (Å²) in [5.41, 5.74) is 0.752. The number of para-hydroxylation sites is 1. The molecule has 0 saturated heterocycles. The van der Waals surface area contributed by atoms with Crippen LogP contribution >= 0.6 is 38.9 Å². The zero-order chi connectivity index (χ0) is 14.1. The molecule has 20 heavy (non-hydrogen) atoms. The third-order valence-electron chi connectivity index (χ3n) is 3.08. The van der Waals surface area contributed by atoms with Crippen LogP contribution in [0.15, 0.2) is 44.6 Å². The van der Waals surface area contributed by atoms with Gasteiger partial charge in [-0.15, -0.1) is 11.3 Å². The lowest BCUT2D eigenvalue weighted by atomic mass is 10.1. The predicted octanol–water partition coefficient (Wildman–Crippen LogP) is 5.61. The second-order valence-electron chi connectivity index (χ2n) is 4.46. The van der Waals surface area contributed by atoms with Crippen LogP contribution in [-0.2, 0) is 0 Å². The number of fused-ring (bicyclic) bond motifs is 1. The number of hydrogen-bond donors (Lipinski definition) is 1. The minimum absolute atomic E-state index is 0.0553. The Balaban J connectivity index is 2.07. The van der Waals surface area contributed by atoms with Gasteiger partial charge >= 0.3 is 0 Å². The molecule has 2 nitrogen and oxygen atoms in total. The van der Waals surface area contributed by atoms with Crippen molar-refractivity contribution in [3.8, 4) is 0 Å². The molecule has 1 atom stereocenters. The molecule has 2 heterocycles. The molecule has 1 aromatic carbocycles. The smallest absolute Gasteiger partial charge is 0.152 e. The molecule has 5 heteroatoms. The SMILES string of the molecule is CCNC(c1cc2cccc(Cl)c2o1)c1cc(Br)cs1. The molecule has 0 bridgehead atoms. The summed E-state index contributed by atoms with van der Waals surface area (Å²) in [6.07, 6.45) is 0. The molecule has 0 aliphatic rings. The molecule has 3 aromatic rings. The van der Waals surface area contributed by atoms with E-state index in [4.69, 9.17) is 16.0 Å². The van der Waals surface area contributed by atoms with Crippen molar-refractivity contribution in [1.29, 1.82) is 0 Å². The Kier molecular flexibility index (Phi) is 4.17. The van der Waals surface area contributed by atoms with Gasteiger partial charge in [0.1, 0.15) is 11.8 Å². The quantitative estimate of drug-likeness (QED) is 0.646. The lowest BCUT2D eigenvalue weighted by molar-refractivity contribution is 0.481. The van der Waals surface area contributed by atoms with Crippen molar-refractivity contribution < 1.29 is 4.42 Å². The summed E-state index contributed by atoms with van der Waals surface area (Å²) in [4.78, 5) is 1.22. The second-order valence-corrected chi connectivity index (χ2v) is 6.73. The van der Waals surface area contributed by atoms with E-state index < -0.39 is 0 Å². The van der Waals surface area contributed by atoms with Crippen LogP contribution in [0.1, 0.15) is 23.6 Å². The maximum atomic E-state index is 6.18. The Bertz CT molecular complexity index is 736. The van der Waals surface area contributed by atoms with Crippen LogP contribution < -0.4 is 5.32 Å². The van der Waals surface area contributed by atoms with Gasteiger partial charge in [-0.1, -0.05) is 30.7 Å². The monoisotopic (exact) mass is 369 g/mol. The third kappa shape index (κ3) is 2.66. The van der Waals surface area contributed by atoms with Gasteiger partial charge in [0.25, 0.3) is 0 Å². The lowest BCUT2D eigenvalue weighted by Crippen LogP contribution is -2.20. The maximum absolute atomic E-state index is 6.18. The maximum Gasteiger partial charge on any atom is 0.152 e. The molecule has 0 amide bonds. The highest BCUT2D eigenvalue weighted by atomic mass is 79.9. The van der Waals surface area contributed by atoms with Crippen molar-refractivity contribution in [2.45, 2.75) is 13.0 Å². The summed E-state index contributed by atoms with van der Waals surface area (Å²) in [5, 5.41) is 7.22. The van der Waals surface area contributed by atoms with E-state index >= 15 is 0 Å². The van der Waals surface area contributed by atoms with Gasteiger partial charge in [-0.25, -0.2) is 0 Å². The number of furan rings is 1. The fourth-order valence-corrected chi connectivity index (χ4v) is 3.96. The van der Waals surface area contributed by atoms with Crippen molar-refractivity contribution in [1.82, 2.24) is 5.32 Å². The number of benzene rings is 1. The average Bonchev–Trinajstić information content (AvgIpc) is 3.03. The fraction of sp³-hybridized carbons (Fsp3) is 0.200. The summed E-state index contributed by atoms with van der Waals surface area (Å²) in [5.74, 6) is 0.893. The van der Waals surface area contributed by atoms with Crippen LogP contribution in [0.25, 0.3) is 11.0 Å². The highest BCUT2D eigenvalue weighted by Crippen LogP contribution is 2.34. The van der Waals surface area contributed by atoms with Crippen molar-refractivity contribution in [3.05, 3.63) is 55.8 Å². The Hall–Kier alpha value is -0.810. The number of thiophene rings is 1. The van der Waals surface area contributed by atoms with Gasteiger partial charge in [-0.3, -0.25) is 0 Å². The van der Waals surface area contributed by atoms with E-state index in [0.717, 1.165) is 27.7 Å². The van der Waals surface area contributed by atoms with Crippen LogP contribution in [-0.4, -0.2) is 6.54 Å². The topological polar surface area (TPSA) is 25.2 Å². The average molecular weight is 371 g/mol. The van der Waals surface area contributed by atoms with Crippen molar-refractivity contribution >= 4 is 49.8 Å². The van der Waals surface area contributed by atoms with E-state index in [1.165, 1.54) is 4.88 Å². The minimum atomic E-state index is 0.0553. The van der Waals surface area contributed by atoms with Gasteiger partial charge in [0.05, 0.1) is 5.02 Å². The van der Waals surface area contributed by atoms with E-state index in [2.05, 4.69) is 45.7 Å². The van der Waals surface area contributed by atoms with E-state index in [1.54, 1.807) is 11.3 Å². The third-order valence-corrected chi connectivity index (χ3v) is 5.14. The van der Waals surface area contributed by atoms with Gasteiger partial charge in [-0.05, 0) is 40.7 Å². The Morgan fingerprint density at radius 2 is 2.25 bits per heavy atom. The fourth-order valence-electron chi connectivity index (χ4n) is 2.21. The summed E-state index contributed by atoms with van der Waals surface area (Å²) in [7, 11) is 0. The highest BCUT2D eigenvalue weighted by molar-refractivity contribution is 9.10. The molecule has 0 radical (unpaired) electrons. The predicted molar refractivity (Wildman–Crippen MR) is 88.8 cm³/mol. The molecule has 1 N–H and O–H groups in total. The number of hydrogen-bond acceptors (Lipinski definition) is 3. The zero-order valence-electron chi connectivity index (χ0n) is 10.8. The first-order valence-electron chi connectivity index (χ1n) is 6.34. The van der Waals surface area contributed by atoms with Crippen molar-refractivity contribution in [2.75, 3.05) is 6.54 Å². The first-order valence-corrected chi connectivity index (χ1v) is 8.39. The molecule has 3 rings (SSSR count). The lowest BCUT2D eigenvalue weighted by Gasteiger charge is -2.13. The molecule has 0 spiro atoms. The largest absolute Gasteiger partial charge is 0.457 e. The van der Waals surface area contributed by atoms with Crippen LogP contribution in [0.3, 0.4) is 0 Å². The van der Waals surface area contributed by atoms with Crippen molar-refractivity contribution in [3.63, 3.8) is 0 Å². The molecule has 0 aliphatic carbocycles. The first kappa shape index (κ1) is 14.1. The summed E-state index contributed by atoms with van der Waals surface area (Å²) in [6.45, 7) is 2.95. The van der Waals surface area contributed by atoms with Crippen molar-refractivity contribution in [2.24, 2.45) is 0 Å². The molecule has 0 fully saturated rings. The van der Waals surface area contributed by atoms with Gasteiger partial charge < -0.3 is 9.73 Å². The van der Waals surface area contributed by atoms with Gasteiger partial charge in [0, 0.05) is 20.1 Å². The van der Waals surface area contributed by atoms with E-state index in [0.29, 0.717) is 5.02 Å². The number of nitrogens with one attached hydrogen (secondary N) is 1. The number of rotatable bonds is 4. The normalized spacial score (nSPS) is 12.9. The van der Waals surface area contributed by atoms with Gasteiger partial charge in [0.15, 0.2) is 5.58 Å². The Morgan fingerprint density at radius 3 is 2.90 bits per heavy atom. The first-order chi connectivity index (χ1) is 9.69. The van der Waals surface area contributed by atoms with E-state index in [9.17, 15) is 0 Å². The van der Waals surface area contributed by atoms with Gasteiger partial charge in [-0.2, -0.15) is 0 Å². The molecule has 0 saturated carbocycles. The summed E-state index contributed by atoms with van der Waals surface area (Å²) < 4.78 is 7.07. The summed E-state index contributed by atoms with van der Waals surface area (Å²) in [6, 6.07) is 10.0. The Labute approximate surface area is 134 Å². The van der Waals surface area contributed by atoms with Crippen LogP contribution in [0.5, 0.6) is 0 Å². The highest BCUT2D eigenvalue weighted by Gasteiger charge is 2.20. The molecular weight excluding hydrogens is 358 g/mol. The Morgan fingerprint density at radius 1 is 1.40 bits per heavy atom. The number of halogens is 2. The molecule has 2 aromatic heterocycles. The molecule has 104 valence electrons. The van der Waals surface area contributed by atoms with E-state index in [1.807, 2.05) is 18.2 Å². The van der Waals surface area contributed by atoms with Crippen LogP contribution in [0.4, 0.5) is 0 Å². The second kappa shape index (κ2) is 5.90. The van der Waals surface area contributed by atoms with E-state index in [-0.39, 0.29) is 6.04 Å². The summed E-state index contributed by atoms with van der Waals surface area (Å²) >= 11 is 11.4. The minimum Gasteiger partial charge on any atom is -0.457 e. The molecular formula is C15H13BrClNOS. The standard InChI is InChI=1S/C15H13BrClNOS/c1-2-18-14(13-7-10(16)8-20-13)12-6-9-4-3-5-11(17)15(9)19-12/h3-8,14,18H,2H2,1H3. The van der Waals surface area contributed by atoms with Crippen LogP contribution in [0, 0.1) is 0 Å².